The monoisotopic (exact) mass is 256 g/mol. The first-order valence-electron chi connectivity index (χ1n) is 7.73. The summed E-state index contributed by atoms with van der Waals surface area (Å²) in [6.45, 7) is 17.4. The fourth-order valence-electron chi connectivity index (χ4n) is 2.45. The summed E-state index contributed by atoms with van der Waals surface area (Å²) in [5.74, 6) is 0. The Morgan fingerprint density at radius 2 is 1.61 bits per heavy atom. The van der Waals surface area contributed by atoms with E-state index in [1.54, 1.807) is 0 Å². The van der Waals surface area contributed by atoms with Gasteiger partial charge in [0, 0.05) is 18.6 Å². The maximum absolute atomic E-state index is 3.61. The minimum atomic E-state index is 0.305. The van der Waals surface area contributed by atoms with Crippen molar-refractivity contribution in [3.63, 3.8) is 0 Å². The molecule has 0 aliphatic heterocycles. The summed E-state index contributed by atoms with van der Waals surface area (Å²) in [5, 5.41) is 3.61. The number of hydrogen-bond acceptors (Lipinski definition) is 2. The van der Waals surface area contributed by atoms with Gasteiger partial charge in [0.15, 0.2) is 0 Å². The summed E-state index contributed by atoms with van der Waals surface area (Å²) >= 11 is 0. The van der Waals surface area contributed by atoms with Crippen LogP contribution in [0.4, 0.5) is 0 Å². The Morgan fingerprint density at radius 3 is 2.06 bits per heavy atom. The van der Waals surface area contributed by atoms with Crippen LogP contribution < -0.4 is 5.32 Å². The molecule has 18 heavy (non-hydrogen) atoms. The molecule has 0 bridgehead atoms. The lowest BCUT2D eigenvalue weighted by Crippen LogP contribution is -2.48. The number of nitrogens with one attached hydrogen (secondary N) is 1. The normalized spacial score (nSPS) is 16.0. The molecule has 0 aromatic heterocycles. The van der Waals surface area contributed by atoms with Crippen LogP contribution in [0.2, 0.25) is 0 Å². The first-order valence-corrected chi connectivity index (χ1v) is 7.73. The van der Waals surface area contributed by atoms with E-state index in [-0.39, 0.29) is 0 Å². The van der Waals surface area contributed by atoms with Gasteiger partial charge in [0.1, 0.15) is 0 Å². The lowest BCUT2D eigenvalue weighted by molar-refractivity contribution is 0.0839. The predicted molar refractivity (Wildman–Crippen MR) is 83.2 cm³/mol. The molecule has 110 valence electrons. The molecule has 0 saturated heterocycles. The van der Waals surface area contributed by atoms with Gasteiger partial charge in [-0.1, -0.05) is 34.1 Å². The van der Waals surface area contributed by atoms with E-state index < -0.39 is 0 Å². The molecule has 2 heteroatoms. The molecule has 1 unspecified atom stereocenters. The van der Waals surface area contributed by atoms with Crippen molar-refractivity contribution in [3.8, 4) is 0 Å². The molecule has 0 rings (SSSR count). The van der Waals surface area contributed by atoms with E-state index in [9.17, 15) is 0 Å². The average Bonchev–Trinajstić information content (AvgIpc) is 2.29. The summed E-state index contributed by atoms with van der Waals surface area (Å²) in [6, 6.07) is 0. The molecular weight excluding hydrogens is 220 g/mol. The standard InChI is InChI=1S/C16H36N2/c1-8-11-16(6,13-17-12-9-2)14-18(7)15(4,5)10-3/h17H,8-14H2,1-7H3. The second-order valence-corrected chi connectivity index (χ2v) is 6.76. The van der Waals surface area contributed by atoms with Crippen molar-refractivity contribution < 1.29 is 0 Å². The zero-order valence-electron chi connectivity index (χ0n) is 13.9. The zero-order chi connectivity index (χ0) is 14.2. The van der Waals surface area contributed by atoms with Gasteiger partial charge in [0.05, 0.1) is 0 Å². The lowest BCUT2D eigenvalue weighted by atomic mass is 9.83. The number of hydrogen-bond donors (Lipinski definition) is 1. The first kappa shape index (κ1) is 17.9. The molecule has 0 spiro atoms. The van der Waals surface area contributed by atoms with E-state index in [2.05, 4.69) is 58.8 Å². The predicted octanol–water partition coefficient (Wildman–Crippen LogP) is 3.91. The lowest BCUT2D eigenvalue weighted by Gasteiger charge is -2.42. The quantitative estimate of drug-likeness (QED) is 0.596. The maximum Gasteiger partial charge on any atom is 0.0147 e. The molecule has 0 aromatic carbocycles. The van der Waals surface area contributed by atoms with Gasteiger partial charge in [-0.15, -0.1) is 0 Å². The van der Waals surface area contributed by atoms with Crippen LogP contribution in [-0.2, 0) is 0 Å². The Kier molecular flexibility index (Phi) is 8.13. The van der Waals surface area contributed by atoms with Crippen LogP contribution in [0.15, 0.2) is 0 Å². The number of rotatable bonds is 10. The Bertz CT molecular complexity index is 213. The largest absolute Gasteiger partial charge is 0.316 e. The van der Waals surface area contributed by atoms with Gasteiger partial charge >= 0.3 is 0 Å². The molecule has 1 atom stereocenters. The van der Waals surface area contributed by atoms with Crippen LogP contribution in [0.25, 0.3) is 0 Å². The molecular formula is C16H36N2. The van der Waals surface area contributed by atoms with E-state index >= 15 is 0 Å². The van der Waals surface area contributed by atoms with Gasteiger partial charge < -0.3 is 10.2 Å². The van der Waals surface area contributed by atoms with Crippen molar-refractivity contribution >= 4 is 0 Å². The molecule has 0 fully saturated rings. The molecule has 0 amide bonds. The van der Waals surface area contributed by atoms with Crippen LogP contribution in [0, 0.1) is 5.41 Å². The molecule has 0 aliphatic carbocycles. The number of nitrogens with zero attached hydrogens (tertiary/aromatic N) is 1. The molecule has 0 aliphatic rings. The minimum Gasteiger partial charge on any atom is -0.316 e. The molecule has 2 nitrogen and oxygen atoms in total. The summed E-state index contributed by atoms with van der Waals surface area (Å²) in [4.78, 5) is 2.54. The van der Waals surface area contributed by atoms with Crippen LogP contribution in [0.1, 0.15) is 67.2 Å². The minimum absolute atomic E-state index is 0.305. The molecule has 0 heterocycles. The van der Waals surface area contributed by atoms with E-state index in [1.807, 2.05) is 0 Å². The maximum atomic E-state index is 3.61. The van der Waals surface area contributed by atoms with E-state index in [4.69, 9.17) is 0 Å². The van der Waals surface area contributed by atoms with Crippen LogP contribution in [-0.4, -0.2) is 37.1 Å². The SMILES string of the molecule is CCCNCC(C)(CCC)CN(C)C(C)(C)CC. The van der Waals surface area contributed by atoms with E-state index in [0.717, 1.165) is 13.1 Å². The Morgan fingerprint density at radius 1 is 1.00 bits per heavy atom. The van der Waals surface area contributed by atoms with Crippen molar-refractivity contribution in [1.82, 2.24) is 10.2 Å². The third kappa shape index (κ3) is 6.19. The van der Waals surface area contributed by atoms with Gasteiger partial charge in [-0.3, -0.25) is 0 Å². The molecule has 1 N–H and O–H groups in total. The van der Waals surface area contributed by atoms with Gasteiger partial charge in [-0.05, 0) is 52.1 Å². The fourth-order valence-corrected chi connectivity index (χ4v) is 2.45. The second-order valence-electron chi connectivity index (χ2n) is 6.76. The third-order valence-corrected chi connectivity index (χ3v) is 4.35. The summed E-state index contributed by atoms with van der Waals surface area (Å²) in [7, 11) is 2.28. The average molecular weight is 256 g/mol. The van der Waals surface area contributed by atoms with E-state index in [0.29, 0.717) is 11.0 Å². The summed E-state index contributed by atoms with van der Waals surface area (Å²) < 4.78 is 0. The van der Waals surface area contributed by atoms with Crippen molar-refractivity contribution in [2.45, 2.75) is 72.8 Å². The Hall–Kier alpha value is -0.0800. The molecule has 0 saturated carbocycles. The summed E-state index contributed by atoms with van der Waals surface area (Å²) in [6.07, 6.45) is 4.99. The fraction of sp³-hybridized carbons (Fsp3) is 1.00. The first-order chi connectivity index (χ1) is 8.31. The van der Waals surface area contributed by atoms with Crippen LogP contribution >= 0.6 is 0 Å². The topological polar surface area (TPSA) is 15.3 Å². The summed E-state index contributed by atoms with van der Waals surface area (Å²) in [5.41, 5.74) is 0.699. The highest BCUT2D eigenvalue weighted by atomic mass is 15.2. The highest BCUT2D eigenvalue weighted by molar-refractivity contribution is 4.85. The van der Waals surface area contributed by atoms with Gasteiger partial charge in [0.25, 0.3) is 0 Å². The zero-order valence-corrected chi connectivity index (χ0v) is 13.9. The van der Waals surface area contributed by atoms with Crippen molar-refractivity contribution in [3.05, 3.63) is 0 Å². The Labute approximate surface area is 116 Å². The second kappa shape index (κ2) is 8.16. The molecule has 0 radical (unpaired) electrons. The third-order valence-electron chi connectivity index (χ3n) is 4.35. The van der Waals surface area contributed by atoms with Gasteiger partial charge in [-0.2, -0.15) is 0 Å². The van der Waals surface area contributed by atoms with Crippen LogP contribution in [0.3, 0.4) is 0 Å². The van der Waals surface area contributed by atoms with Crippen molar-refractivity contribution in [1.29, 1.82) is 0 Å². The van der Waals surface area contributed by atoms with Crippen molar-refractivity contribution in [2.24, 2.45) is 5.41 Å². The highest BCUT2D eigenvalue weighted by Crippen LogP contribution is 2.27. The van der Waals surface area contributed by atoms with Gasteiger partial charge in [-0.25, -0.2) is 0 Å². The van der Waals surface area contributed by atoms with Gasteiger partial charge in [0.2, 0.25) is 0 Å². The smallest absolute Gasteiger partial charge is 0.0147 e. The van der Waals surface area contributed by atoms with Crippen molar-refractivity contribution in [2.75, 3.05) is 26.7 Å². The van der Waals surface area contributed by atoms with Crippen LogP contribution in [0.5, 0.6) is 0 Å². The van der Waals surface area contributed by atoms with E-state index in [1.165, 1.54) is 32.2 Å². The Balaban J connectivity index is 4.49. The highest BCUT2D eigenvalue weighted by Gasteiger charge is 2.30. The molecule has 0 aromatic rings.